The lowest BCUT2D eigenvalue weighted by Crippen LogP contribution is -2.10. The summed E-state index contributed by atoms with van der Waals surface area (Å²) in [5.74, 6) is -0.811. The van der Waals surface area contributed by atoms with E-state index >= 15 is 0 Å². The molecule has 3 N–H and O–H groups in total. The van der Waals surface area contributed by atoms with E-state index in [0.717, 1.165) is 38.7 Å². The van der Waals surface area contributed by atoms with E-state index in [9.17, 15) is 9.90 Å². The second-order valence-corrected chi connectivity index (χ2v) is 10.2. The maximum Gasteiger partial charge on any atom is 0.307 e. The first-order valence-electron chi connectivity index (χ1n) is 10.4. The van der Waals surface area contributed by atoms with Crippen molar-refractivity contribution in [1.82, 2.24) is 0 Å². The third kappa shape index (κ3) is 7.93. The van der Waals surface area contributed by atoms with Gasteiger partial charge in [-0.15, -0.1) is 0 Å². The summed E-state index contributed by atoms with van der Waals surface area (Å²) < 4.78 is 3.38. The number of rotatable bonds is 6. The first-order valence-corrected chi connectivity index (χ1v) is 11.3. The molecule has 0 saturated carbocycles. The van der Waals surface area contributed by atoms with Crippen LogP contribution in [0.2, 0.25) is 0 Å². The van der Waals surface area contributed by atoms with Gasteiger partial charge in [0.2, 0.25) is 0 Å². The van der Waals surface area contributed by atoms with Crippen LogP contribution in [0.5, 0.6) is 0 Å². The molecule has 0 fully saturated rings. The van der Waals surface area contributed by atoms with Crippen LogP contribution in [0.1, 0.15) is 45.7 Å². The van der Waals surface area contributed by atoms with Gasteiger partial charge in [-0.1, -0.05) is 56.3 Å². The summed E-state index contributed by atoms with van der Waals surface area (Å²) in [6.45, 7) is 11.5. The molecule has 0 spiro atoms. The molecule has 3 aromatic carbocycles. The Kier molecular flexibility index (Phi) is 8.54. The van der Waals surface area contributed by atoms with E-state index < -0.39 is 11.6 Å². The number of carboxylic acids is 1. The molecule has 0 heterocycles. The fraction of sp³-hybridized carbons (Fsp3) is 0.346. The number of hydrogen-bond acceptors (Lipinski definition) is 4. The number of nitrogens with one attached hydrogen (secondary N) is 1. The average molecular weight is 440 g/mol. The topological polar surface area (TPSA) is 69.6 Å². The van der Waals surface area contributed by atoms with Crippen molar-refractivity contribution in [2.45, 2.75) is 58.8 Å². The average Bonchev–Trinajstić information content (AvgIpc) is 2.65. The van der Waals surface area contributed by atoms with Crippen molar-refractivity contribution in [2.75, 3.05) is 4.72 Å². The maximum absolute atomic E-state index is 11.5. The smallest absolute Gasteiger partial charge is 0.307 e. The van der Waals surface area contributed by atoms with Crippen molar-refractivity contribution in [3.05, 3.63) is 65.7 Å². The maximum atomic E-state index is 11.5. The molecule has 0 unspecified atom stereocenters. The summed E-state index contributed by atoms with van der Waals surface area (Å²) in [6.07, 6.45) is 0.0183. The van der Waals surface area contributed by atoms with E-state index in [-0.39, 0.29) is 6.42 Å². The zero-order chi connectivity index (χ0) is 23.2. The van der Waals surface area contributed by atoms with Gasteiger partial charge in [0.05, 0.1) is 12.0 Å². The van der Waals surface area contributed by atoms with Crippen LogP contribution in [0.4, 0.5) is 5.69 Å². The van der Waals surface area contributed by atoms with E-state index in [1.54, 1.807) is 32.7 Å². The van der Waals surface area contributed by atoms with Crippen LogP contribution in [0.3, 0.4) is 0 Å². The molecular weight excluding hydrogens is 406 g/mol. The molecule has 0 aliphatic rings. The van der Waals surface area contributed by atoms with E-state index in [0.29, 0.717) is 5.25 Å². The summed E-state index contributed by atoms with van der Waals surface area (Å²) in [6, 6.07) is 18.4. The van der Waals surface area contributed by atoms with Crippen molar-refractivity contribution < 1.29 is 15.0 Å². The zero-order valence-corrected chi connectivity index (χ0v) is 20.0. The number of fused-ring (bicyclic) bond motifs is 1. The van der Waals surface area contributed by atoms with Crippen molar-refractivity contribution in [1.29, 1.82) is 0 Å². The van der Waals surface area contributed by atoms with Crippen molar-refractivity contribution in [3.63, 3.8) is 0 Å². The minimum Gasteiger partial charge on any atom is -0.481 e. The molecule has 0 radical (unpaired) electrons. The molecule has 0 atom stereocenters. The van der Waals surface area contributed by atoms with Crippen molar-refractivity contribution >= 4 is 34.4 Å². The Balaban J connectivity index is 0.000000614. The third-order valence-corrected chi connectivity index (χ3v) is 5.10. The fourth-order valence-corrected chi connectivity index (χ4v) is 3.66. The number of aliphatic hydroxyl groups is 1. The molecular formula is C26H33NO3S. The molecule has 0 aliphatic carbocycles. The number of carbonyl (C=O) groups is 1. The highest BCUT2D eigenvalue weighted by atomic mass is 32.2. The van der Waals surface area contributed by atoms with Crippen LogP contribution in [-0.2, 0) is 11.2 Å². The quantitative estimate of drug-likeness (QED) is 0.373. The predicted molar refractivity (Wildman–Crippen MR) is 134 cm³/mol. The number of carboxylic acid groups (broad SMARTS) is 1. The monoisotopic (exact) mass is 439 g/mol. The summed E-state index contributed by atoms with van der Waals surface area (Å²) in [5, 5.41) is 20.6. The molecule has 0 saturated heterocycles. The second kappa shape index (κ2) is 10.7. The highest BCUT2D eigenvalue weighted by Crippen LogP contribution is 2.36. The number of aryl methyl sites for hydroxylation is 1. The first-order chi connectivity index (χ1) is 14.5. The predicted octanol–water partition coefficient (Wildman–Crippen LogP) is 6.69. The Morgan fingerprint density at radius 2 is 1.71 bits per heavy atom. The number of benzene rings is 3. The molecule has 0 bridgehead atoms. The zero-order valence-electron chi connectivity index (χ0n) is 19.2. The first kappa shape index (κ1) is 24.8. The molecule has 166 valence electrons. The second-order valence-electron chi connectivity index (χ2n) is 8.86. The summed E-state index contributed by atoms with van der Waals surface area (Å²) in [7, 11) is 0. The summed E-state index contributed by atoms with van der Waals surface area (Å²) in [5.41, 5.74) is 4.46. The lowest BCUT2D eigenvalue weighted by Gasteiger charge is -2.17. The summed E-state index contributed by atoms with van der Waals surface area (Å²) in [4.78, 5) is 11.5. The van der Waals surface area contributed by atoms with Gasteiger partial charge < -0.3 is 14.9 Å². The molecule has 4 nitrogen and oxygen atoms in total. The highest BCUT2D eigenvalue weighted by Gasteiger charge is 2.16. The van der Waals surface area contributed by atoms with E-state index in [4.69, 9.17) is 5.11 Å². The molecule has 0 aliphatic heterocycles. The van der Waals surface area contributed by atoms with Crippen LogP contribution in [0, 0.1) is 6.92 Å². The van der Waals surface area contributed by atoms with E-state index in [1.165, 1.54) is 0 Å². The molecule has 0 aromatic heterocycles. The lowest BCUT2D eigenvalue weighted by molar-refractivity contribution is -0.136. The number of anilines is 1. The lowest BCUT2D eigenvalue weighted by atomic mass is 9.88. The third-order valence-electron chi connectivity index (χ3n) is 4.27. The Morgan fingerprint density at radius 1 is 1.06 bits per heavy atom. The fourth-order valence-electron chi connectivity index (χ4n) is 3.16. The van der Waals surface area contributed by atoms with Gasteiger partial charge in [0.25, 0.3) is 0 Å². The Labute approximate surface area is 189 Å². The van der Waals surface area contributed by atoms with Gasteiger partial charge in [0.1, 0.15) is 0 Å². The van der Waals surface area contributed by atoms with Crippen LogP contribution in [-0.4, -0.2) is 27.0 Å². The van der Waals surface area contributed by atoms with Gasteiger partial charge in [-0.2, -0.15) is 0 Å². The standard InChI is InChI=1S/C22H23NO2S.C4H10O/c1-14(2)26-23-18-9-6-8-17(12-18)22-19-10-5-4-7-16(19)11-15(3)20(22)13-21(24)25;1-4(2,3)5/h4-12,14,23H,13H2,1-3H3,(H,24,25);5H,1-3H3. The van der Waals surface area contributed by atoms with Gasteiger partial charge >= 0.3 is 5.97 Å². The van der Waals surface area contributed by atoms with Gasteiger partial charge in [-0.05, 0) is 84.8 Å². The highest BCUT2D eigenvalue weighted by molar-refractivity contribution is 8.01. The van der Waals surface area contributed by atoms with E-state index in [1.807, 2.05) is 31.2 Å². The van der Waals surface area contributed by atoms with Crippen molar-refractivity contribution in [2.24, 2.45) is 0 Å². The Hall–Kier alpha value is -2.50. The van der Waals surface area contributed by atoms with Gasteiger partial charge in [0.15, 0.2) is 0 Å². The van der Waals surface area contributed by atoms with Crippen LogP contribution in [0.15, 0.2) is 54.6 Å². The normalized spacial score (nSPS) is 11.2. The number of aliphatic carboxylic acids is 1. The van der Waals surface area contributed by atoms with Crippen LogP contribution >= 0.6 is 11.9 Å². The molecule has 5 heteroatoms. The Morgan fingerprint density at radius 3 is 2.32 bits per heavy atom. The van der Waals surface area contributed by atoms with E-state index in [2.05, 4.69) is 48.9 Å². The van der Waals surface area contributed by atoms with Crippen molar-refractivity contribution in [3.8, 4) is 11.1 Å². The van der Waals surface area contributed by atoms with Crippen LogP contribution < -0.4 is 4.72 Å². The molecule has 0 amide bonds. The minimum atomic E-state index is -0.811. The summed E-state index contributed by atoms with van der Waals surface area (Å²) >= 11 is 1.67. The molecule has 3 aromatic rings. The molecule has 31 heavy (non-hydrogen) atoms. The SMILES string of the molecule is CC(C)(C)O.Cc1cc2ccccc2c(-c2cccc(NSC(C)C)c2)c1CC(=O)O. The molecule has 3 rings (SSSR count). The van der Waals surface area contributed by atoms with Gasteiger partial charge in [-0.25, -0.2) is 0 Å². The van der Waals surface area contributed by atoms with Gasteiger partial charge in [0, 0.05) is 10.9 Å². The minimum absolute atomic E-state index is 0.0183. The number of hydrogen-bond donors (Lipinski definition) is 3. The Bertz CT molecular complexity index is 1030. The van der Waals surface area contributed by atoms with Crippen LogP contribution in [0.25, 0.3) is 21.9 Å². The largest absolute Gasteiger partial charge is 0.481 e. The van der Waals surface area contributed by atoms with Gasteiger partial charge in [-0.3, -0.25) is 4.79 Å².